The molecule has 1 aliphatic heterocycles. The van der Waals surface area contributed by atoms with Crippen molar-refractivity contribution in [1.82, 2.24) is 4.90 Å². The molecule has 3 atom stereocenters. The van der Waals surface area contributed by atoms with E-state index in [0.717, 1.165) is 25.1 Å². The van der Waals surface area contributed by atoms with E-state index in [1.807, 2.05) is 30.0 Å². The lowest BCUT2D eigenvalue weighted by atomic mass is 10.00. The summed E-state index contributed by atoms with van der Waals surface area (Å²) >= 11 is 0. The average molecular weight is 330 g/mol. The molecule has 1 aromatic rings. The Labute approximate surface area is 143 Å². The summed E-state index contributed by atoms with van der Waals surface area (Å²) in [4.78, 5) is 27.0. The molecule has 1 heterocycles. The van der Waals surface area contributed by atoms with Gasteiger partial charge in [0, 0.05) is 13.1 Å². The lowest BCUT2D eigenvalue weighted by Gasteiger charge is -2.31. The molecule has 130 valence electrons. The monoisotopic (exact) mass is 330 g/mol. The first-order chi connectivity index (χ1) is 11.5. The zero-order valence-corrected chi connectivity index (χ0v) is 14.7. The Morgan fingerprint density at radius 3 is 2.79 bits per heavy atom. The molecule has 2 aliphatic rings. The molecule has 0 aromatic heterocycles. The molecule has 3 rings (SSSR count). The molecule has 2 amide bonds. The Morgan fingerprint density at radius 1 is 1.29 bits per heavy atom. The lowest BCUT2D eigenvalue weighted by Crippen LogP contribution is -2.40. The van der Waals surface area contributed by atoms with Gasteiger partial charge < -0.3 is 15.0 Å². The summed E-state index contributed by atoms with van der Waals surface area (Å²) in [6.07, 6.45) is 2.91. The molecule has 1 saturated carbocycles. The van der Waals surface area contributed by atoms with Gasteiger partial charge in [0.25, 0.3) is 0 Å². The first-order valence-corrected chi connectivity index (χ1v) is 8.74. The van der Waals surface area contributed by atoms with Crippen LogP contribution in [-0.4, -0.2) is 36.9 Å². The Kier molecular flexibility index (Phi) is 4.78. The van der Waals surface area contributed by atoms with Gasteiger partial charge >= 0.3 is 0 Å². The second-order valence-electron chi connectivity index (χ2n) is 7.17. The summed E-state index contributed by atoms with van der Waals surface area (Å²) < 4.78 is 5.29. The number of nitrogens with zero attached hydrogens (tertiary/aromatic N) is 1. The molecule has 1 saturated heterocycles. The maximum atomic E-state index is 12.6. The van der Waals surface area contributed by atoms with Crippen LogP contribution in [0.3, 0.4) is 0 Å². The summed E-state index contributed by atoms with van der Waals surface area (Å²) in [5.41, 5.74) is 1.73. The number of rotatable bonds is 4. The predicted octanol–water partition coefficient (Wildman–Crippen LogP) is 2.84. The van der Waals surface area contributed by atoms with Gasteiger partial charge in [-0.25, -0.2) is 0 Å². The smallest absolute Gasteiger partial charge is 0.228 e. The van der Waals surface area contributed by atoms with Crippen molar-refractivity contribution in [1.29, 1.82) is 0 Å². The number of hydrogen-bond donors (Lipinski definition) is 1. The first kappa shape index (κ1) is 16.8. The highest BCUT2D eigenvalue weighted by Gasteiger charge is 2.49. The standard InChI is InChI=1S/C19H26N2O3/c1-12-6-7-17(24-3)16(9-12)20-18(22)14-10-15(14)19(23)21-8-4-5-13(2)11-21/h6-7,9,13-15H,4-5,8,10-11H2,1-3H3,(H,20,22). The highest BCUT2D eigenvalue weighted by Crippen LogP contribution is 2.42. The fourth-order valence-electron chi connectivity index (χ4n) is 3.53. The highest BCUT2D eigenvalue weighted by molar-refractivity contribution is 6.00. The minimum atomic E-state index is -0.208. The fourth-order valence-corrected chi connectivity index (χ4v) is 3.53. The molecule has 1 N–H and O–H groups in total. The van der Waals surface area contributed by atoms with E-state index in [-0.39, 0.29) is 23.7 Å². The summed E-state index contributed by atoms with van der Waals surface area (Å²) in [5.74, 6) is 0.916. The SMILES string of the molecule is COc1ccc(C)cc1NC(=O)C1CC1C(=O)N1CCCC(C)C1. The van der Waals surface area contributed by atoms with Crippen molar-refractivity contribution < 1.29 is 14.3 Å². The molecule has 0 spiro atoms. The number of ether oxygens (including phenoxy) is 1. The molecule has 1 aliphatic carbocycles. The molecule has 5 heteroatoms. The van der Waals surface area contributed by atoms with E-state index in [2.05, 4.69) is 12.2 Å². The van der Waals surface area contributed by atoms with Crippen molar-refractivity contribution in [3.8, 4) is 5.75 Å². The molecule has 2 fully saturated rings. The van der Waals surface area contributed by atoms with E-state index in [1.165, 1.54) is 6.42 Å². The van der Waals surface area contributed by atoms with Gasteiger partial charge in [0.15, 0.2) is 0 Å². The molecule has 0 bridgehead atoms. The first-order valence-electron chi connectivity index (χ1n) is 8.74. The summed E-state index contributed by atoms with van der Waals surface area (Å²) in [6.45, 7) is 5.81. The van der Waals surface area contributed by atoms with Gasteiger partial charge in [-0.2, -0.15) is 0 Å². The third-order valence-corrected chi connectivity index (χ3v) is 5.03. The number of benzene rings is 1. The van der Waals surface area contributed by atoms with Gasteiger partial charge in [0.2, 0.25) is 11.8 Å². The summed E-state index contributed by atoms with van der Waals surface area (Å²) in [6, 6.07) is 5.67. The van der Waals surface area contributed by atoms with Gasteiger partial charge in [-0.05, 0) is 49.8 Å². The van der Waals surface area contributed by atoms with Crippen molar-refractivity contribution in [2.24, 2.45) is 17.8 Å². The van der Waals surface area contributed by atoms with Crippen LogP contribution in [0.4, 0.5) is 5.69 Å². The lowest BCUT2D eigenvalue weighted by molar-refractivity contribution is -0.135. The molecule has 1 aromatic carbocycles. The van der Waals surface area contributed by atoms with Gasteiger partial charge in [-0.1, -0.05) is 13.0 Å². The molecule has 3 unspecified atom stereocenters. The van der Waals surface area contributed by atoms with Crippen molar-refractivity contribution in [3.63, 3.8) is 0 Å². The normalized spacial score (nSPS) is 26.0. The van der Waals surface area contributed by atoms with Crippen LogP contribution in [0.25, 0.3) is 0 Å². The minimum Gasteiger partial charge on any atom is -0.495 e. The molecule has 0 radical (unpaired) electrons. The van der Waals surface area contributed by atoms with Crippen LogP contribution in [0.5, 0.6) is 5.75 Å². The van der Waals surface area contributed by atoms with Crippen LogP contribution in [0.1, 0.15) is 31.7 Å². The van der Waals surface area contributed by atoms with E-state index in [0.29, 0.717) is 23.8 Å². The van der Waals surface area contributed by atoms with Gasteiger partial charge in [-0.15, -0.1) is 0 Å². The number of nitrogens with one attached hydrogen (secondary N) is 1. The van der Waals surface area contributed by atoms with E-state index >= 15 is 0 Å². The maximum absolute atomic E-state index is 12.6. The van der Waals surface area contributed by atoms with Crippen LogP contribution in [-0.2, 0) is 9.59 Å². The van der Waals surface area contributed by atoms with Crippen LogP contribution in [0, 0.1) is 24.7 Å². The second-order valence-corrected chi connectivity index (χ2v) is 7.17. The van der Waals surface area contributed by atoms with E-state index < -0.39 is 0 Å². The maximum Gasteiger partial charge on any atom is 0.228 e. The third kappa shape index (κ3) is 3.55. The minimum absolute atomic E-state index is 0.0812. The van der Waals surface area contributed by atoms with Crippen LogP contribution in [0.15, 0.2) is 18.2 Å². The zero-order valence-electron chi connectivity index (χ0n) is 14.7. The summed E-state index contributed by atoms with van der Waals surface area (Å²) in [7, 11) is 1.58. The van der Waals surface area contributed by atoms with Crippen LogP contribution in [0.2, 0.25) is 0 Å². The number of methoxy groups -OCH3 is 1. The predicted molar refractivity (Wildman–Crippen MR) is 92.9 cm³/mol. The second kappa shape index (κ2) is 6.83. The van der Waals surface area contributed by atoms with E-state index in [1.54, 1.807) is 7.11 Å². The molecular formula is C19H26N2O3. The Balaban J connectivity index is 1.60. The van der Waals surface area contributed by atoms with E-state index in [4.69, 9.17) is 4.74 Å². The number of amides is 2. The summed E-state index contributed by atoms with van der Waals surface area (Å²) in [5, 5.41) is 2.93. The highest BCUT2D eigenvalue weighted by atomic mass is 16.5. The number of piperidine rings is 1. The Hall–Kier alpha value is -2.04. The van der Waals surface area contributed by atoms with Crippen molar-refractivity contribution in [2.45, 2.75) is 33.1 Å². The molecule has 5 nitrogen and oxygen atoms in total. The van der Waals surface area contributed by atoms with Gasteiger partial charge in [-0.3, -0.25) is 9.59 Å². The Morgan fingerprint density at radius 2 is 2.08 bits per heavy atom. The number of carbonyl (C=O) groups excluding carboxylic acids is 2. The zero-order chi connectivity index (χ0) is 17.3. The number of carbonyl (C=O) groups is 2. The van der Waals surface area contributed by atoms with Crippen LogP contribution < -0.4 is 10.1 Å². The number of likely N-dealkylation sites (tertiary alicyclic amines) is 1. The molecule has 24 heavy (non-hydrogen) atoms. The van der Waals surface area contributed by atoms with Crippen molar-refractivity contribution >= 4 is 17.5 Å². The quantitative estimate of drug-likeness (QED) is 0.923. The number of hydrogen-bond acceptors (Lipinski definition) is 3. The van der Waals surface area contributed by atoms with Gasteiger partial charge in [0.1, 0.15) is 5.75 Å². The van der Waals surface area contributed by atoms with Crippen molar-refractivity contribution in [2.75, 3.05) is 25.5 Å². The topological polar surface area (TPSA) is 58.6 Å². The van der Waals surface area contributed by atoms with Crippen LogP contribution >= 0.6 is 0 Å². The third-order valence-electron chi connectivity index (χ3n) is 5.03. The number of anilines is 1. The van der Waals surface area contributed by atoms with Gasteiger partial charge in [0.05, 0.1) is 24.6 Å². The van der Waals surface area contributed by atoms with Crippen molar-refractivity contribution in [3.05, 3.63) is 23.8 Å². The fraction of sp³-hybridized carbons (Fsp3) is 0.579. The number of aryl methyl sites for hydroxylation is 1. The van der Waals surface area contributed by atoms with E-state index in [9.17, 15) is 9.59 Å². The Bertz CT molecular complexity index is 643. The molecular weight excluding hydrogens is 304 g/mol. The largest absolute Gasteiger partial charge is 0.495 e. The average Bonchev–Trinajstić information content (AvgIpc) is 3.35.